The third-order valence-electron chi connectivity index (χ3n) is 4.74. The lowest BCUT2D eigenvalue weighted by molar-refractivity contribution is -0.147. The summed E-state index contributed by atoms with van der Waals surface area (Å²) in [6, 6.07) is 14.4. The Balaban J connectivity index is 1.28. The molecule has 1 amide bonds. The van der Waals surface area contributed by atoms with Crippen LogP contribution in [0.25, 0.3) is 5.69 Å². The number of rotatable bonds is 10. The minimum absolute atomic E-state index is 0.119. The minimum atomic E-state index is -3.64. The summed E-state index contributed by atoms with van der Waals surface area (Å²) in [5.74, 6) is -0.268. The number of thiophene rings is 1. The maximum Gasteiger partial charge on any atom is 0.307 e. The van der Waals surface area contributed by atoms with Gasteiger partial charge in [-0.25, -0.2) is 17.8 Å². The van der Waals surface area contributed by atoms with Gasteiger partial charge in [0.05, 0.1) is 17.8 Å². The van der Waals surface area contributed by atoms with E-state index in [0.29, 0.717) is 11.7 Å². The third kappa shape index (κ3) is 5.61. The molecule has 32 heavy (non-hydrogen) atoms. The molecule has 168 valence electrons. The molecular formula is C21H22N4O5S2. The summed E-state index contributed by atoms with van der Waals surface area (Å²) in [5.41, 5.74) is 1.73. The van der Waals surface area contributed by atoms with E-state index in [1.165, 1.54) is 6.07 Å². The van der Waals surface area contributed by atoms with Gasteiger partial charge >= 0.3 is 5.97 Å². The molecule has 0 aliphatic heterocycles. The summed E-state index contributed by atoms with van der Waals surface area (Å²) in [5, 5.41) is 9.00. The number of benzene rings is 1. The van der Waals surface area contributed by atoms with Gasteiger partial charge in [-0.05, 0) is 36.4 Å². The highest BCUT2D eigenvalue weighted by Gasteiger charge is 2.28. The molecule has 9 nitrogen and oxygen atoms in total. The van der Waals surface area contributed by atoms with Crippen LogP contribution in [0.4, 0.5) is 5.82 Å². The van der Waals surface area contributed by atoms with Gasteiger partial charge in [0.15, 0.2) is 6.61 Å². The van der Waals surface area contributed by atoms with Crippen molar-refractivity contribution in [2.75, 3.05) is 18.5 Å². The van der Waals surface area contributed by atoms with Crippen LogP contribution in [0.15, 0.2) is 58.1 Å². The number of nitrogens with one attached hydrogen (secondary N) is 2. The second-order valence-corrected chi connectivity index (χ2v) is 10.2. The summed E-state index contributed by atoms with van der Waals surface area (Å²) in [6.45, 7) is -0.596. The number of hydrogen-bond acceptors (Lipinski definition) is 7. The van der Waals surface area contributed by atoms with Gasteiger partial charge in [0.2, 0.25) is 10.0 Å². The highest BCUT2D eigenvalue weighted by atomic mass is 32.2. The molecule has 1 fully saturated rings. The molecule has 0 spiro atoms. The molecular weight excluding hydrogens is 452 g/mol. The predicted molar refractivity (Wildman–Crippen MR) is 119 cm³/mol. The summed E-state index contributed by atoms with van der Waals surface area (Å²) >= 11 is 1.08. The Morgan fingerprint density at radius 3 is 2.62 bits per heavy atom. The van der Waals surface area contributed by atoms with Crippen LogP contribution < -0.4 is 10.0 Å². The van der Waals surface area contributed by atoms with E-state index in [0.717, 1.165) is 35.6 Å². The number of nitrogens with zero attached hydrogens (tertiary/aromatic N) is 2. The quantitative estimate of drug-likeness (QED) is 0.436. The molecule has 0 bridgehead atoms. The molecule has 0 atom stereocenters. The third-order valence-corrected chi connectivity index (χ3v) is 7.60. The van der Waals surface area contributed by atoms with Gasteiger partial charge in [0.1, 0.15) is 10.0 Å². The smallest absolute Gasteiger partial charge is 0.307 e. The van der Waals surface area contributed by atoms with E-state index < -0.39 is 28.5 Å². The zero-order valence-corrected chi connectivity index (χ0v) is 18.7. The number of carbonyl (C=O) groups is 2. The van der Waals surface area contributed by atoms with E-state index in [4.69, 9.17) is 4.74 Å². The highest BCUT2D eigenvalue weighted by molar-refractivity contribution is 7.91. The molecule has 2 aromatic heterocycles. The first-order chi connectivity index (χ1) is 15.4. The SMILES string of the molecule is O=C(COC(=O)CCNS(=O)(=O)c1cccs1)Nc1cc(C2CC2)nn1-c1ccccc1. The monoisotopic (exact) mass is 474 g/mol. The van der Waals surface area contributed by atoms with Crippen LogP contribution in [0.1, 0.15) is 30.9 Å². The molecule has 1 aromatic carbocycles. The molecule has 1 saturated carbocycles. The maximum absolute atomic E-state index is 12.3. The van der Waals surface area contributed by atoms with Gasteiger partial charge in [-0.1, -0.05) is 24.3 Å². The number of aromatic nitrogens is 2. The van der Waals surface area contributed by atoms with Crippen LogP contribution >= 0.6 is 11.3 Å². The predicted octanol–water partition coefficient (Wildman–Crippen LogP) is 2.66. The summed E-state index contributed by atoms with van der Waals surface area (Å²) < 4.78 is 33.2. The van der Waals surface area contributed by atoms with Crippen molar-refractivity contribution in [1.29, 1.82) is 0 Å². The van der Waals surface area contributed by atoms with Gasteiger partial charge in [-0.3, -0.25) is 9.59 Å². The number of amides is 1. The van der Waals surface area contributed by atoms with Gasteiger partial charge in [0, 0.05) is 18.5 Å². The summed E-state index contributed by atoms with van der Waals surface area (Å²) in [7, 11) is -3.64. The lowest BCUT2D eigenvalue weighted by Crippen LogP contribution is -2.27. The molecule has 4 rings (SSSR count). The molecule has 1 aliphatic carbocycles. The lowest BCUT2D eigenvalue weighted by atomic mass is 10.3. The Morgan fingerprint density at radius 1 is 1.16 bits per heavy atom. The number of para-hydroxylation sites is 1. The van der Waals surface area contributed by atoms with E-state index in [9.17, 15) is 18.0 Å². The van der Waals surface area contributed by atoms with Crippen molar-refractivity contribution in [1.82, 2.24) is 14.5 Å². The minimum Gasteiger partial charge on any atom is -0.456 e. The number of ether oxygens (including phenoxy) is 1. The van der Waals surface area contributed by atoms with Gasteiger partial charge in [-0.15, -0.1) is 11.3 Å². The highest BCUT2D eigenvalue weighted by Crippen LogP contribution is 2.40. The lowest BCUT2D eigenvalue weighted by Gasteiger charge is -2.09. The number of anilines is 1. The van der Waals surface area contributed by atoms with Gasteiger partial charge in [-0.2, -0.15) is 5.10 Å². The first-order valence-corrected chi connectivity index (χ1v) is 12.4. The van der Waals surface area contributed by atoms with E-state index >= 15 is 0 Å². The largest absolute Gasteiger partial charge is 0.456 e. The molecule has 2 N–H and O–H groups in total. The first-order valence-electron chi connectivity index (χ1n) is 10.1. The van der Waals surface area contributed by atoms with Crippen molar-refractivity contribution in [3.63, 3.8) is 0 Å². The van der Waals surface area contributed by atoms with Gasteiger partial charge in [0.25, 0.3) is 5.91 Å². The zero-order valence-electron chi connectivity index (χ0n) is 17.1. The van der Waals surface area contributed by atoms with Crippen LogP contribution in [0.2, 0.25) is 0 Å². The van der Waals surface area contributed by atoms with E-state index in [2.05, 4.69) is 15.1 Å². The fourth-order valence-corrected chi connectivity index (χ4v) is 5.07. The van der Waals surface area contributed by atoms with Crippen molar-refractivity contribution < 1.29 is 22.7 Å². The van der Waals surface area contributed by atoms with Crippen molar-refractivity contribution >= 4 is 39.1 Å². The molecule has 3 aromatic rings. The second kappa shape index (κ2) is 9.63. The molecule has 1 aliphatic rings. The normalized spacial score (nSPS) is 13.6. The van der Waals surface area contributed by atoms with Crippen molar-refractivity contribution in [3.8, 4) is 5.69 Å². The summed E-state index contributed by atoms with van der Waals surface area (Å²) in [6.07, 6.45) is 1.96. The van der Waals surface area contributed by atoms with Crippen LogP contribution in [0.5, 0.6) is 0 Å². The zero-order chi connectivity index (χ0) is 22.6. The molecule has 2 heterocycles. The standard InChI is InChI=1S/C21H22N4O5S2/c26-19(14-30-20(27)10-11-22-32(28,29)21-7-4-12-31-21)23-18-13-17(15-8-9-15)24-25(18)16-5-2-1-3-6-16/h1-7,12-13,15,22H,8-11,14H2,(H,23,26). The number of esters is 1. The number of hydrogen-bond donors (Lipinski definition) is 2. The number of carbonyl (C=O) groups excluding carboxylic acids is 2. The average Bonchev–Trinajstić information content (AvgIpc) is 3.30. The van der Waals surface area contributed by atoms with Crippen molar-refractivity contribution in [2.24, 2.45) is 0 Å². The maximum atomic E-state index is 12.3. The number of sulfonamides is 1. The van der Waals surface area contributed by atoms with Crippen molar-refractivity contribution in [2.45, 2.75) is 29.4 Å². The fourth-order valence-electron chi connectivity index (χ4n) is 3.01. The first kappa shape index (κ1) is 22.2. The summed E-state index contributed by atoms with van der Waals surface area (Å²) in [4.78, 5) is 24.3. The topological polar surface area (TPSA) is 119 Å². The Bertz CT molecular complexity index is 1190. The molecule has 0 unspecified atom stereocenters. The van der Waals surface area contributed by atoms with Crippen LogP contribution in [-0.4, -0.2) is 43.2 Å². The Kier molecular flexibility index (Phi) is 6.68. The van der Waals surface area contributed by atoms with Crippen molar-refractivity contribution in [3.05, 3.63) is 59.6 Å². The van der Waals surface area contributed by atoms with Crippen LogP contribution in [0, 0.1) is 0 Å². The Labute approximate surface area is 189 Å². The Morgan fingerprint density at radius 2 is 1.94 bits per heavy atom. The van der Waals surface area contributed by atoms with E-state index in [-0.39, 0.29) is 17.2 Å². The van der Waals surface area contributed by atoms with E-state index in [1.54, 1.807) is 16.1 Å². The second-order valence-electron chi connectivity index (χ2n) is 7.26. The molecule has 0 saturated heterocycles. The Hall–Kier alpha value is -3.02. The van der Waals surface area contributed by atoms with Crippen LogP contribution in [0.3, 0.4) is 0 Å². The molecule has 11 heteroatoms. The van der Waals surface area contributed by atoms with Crippen LogP contribution in [-0.2, 0) is 24.3 Å². The fraction of sp³-hybridized carbons (Fsp3) is 0.286. The molecule has 0 radical (unpaired) electrons. The van der Waals surface area contributed by atoms with E-state index in [1.807, 2.05) is 36.4 Å². The van der Waals surface area contributed by atoms with Gasteiger partial charge < -0.3 is 10.1 Å². The average molecular weight is 475 g/mol.